The average Bonchev–Trinajstić information content (AvgIpc) is 3.04. The normalized spacial score (nSPS) is 11.4. The fourth-order valence-electron chi connectivity index (χ4n) is 3.20. The first-order valence-electron chi connectivity index (χ1n) is 8.56. The Hall–Kier alpha value is -3.75. The third-order valence-electron chi connectivity index (χ3n) is 4.46. The highest BCUT2D eigenvalue weighted by Gasteiger charge is 2.22. The van der Waals surface area contributed by atoms with Crippen LogP contribution >= 0.6 is 0 Å². The lowest BCUT2D eigenvalue weighted by molar-refractivity contribution is 0.199. The minimum absolute atomic E-state index is 0.125. The van der Waals surface area contributed by atoms with E-state index in [0.29, 0.717) is 16.6 Å². The SMILES string of the molecule is CC(C)N(C(=O)O)c1nc2ccc(-c3n[nH]c(=O)c4cccc(F)c34)cc2[nH]1. The summed E-state index contributed by atoms with van der Waals surface area (Å²) >= 11 is 0. The largest absolute Gasteiger partial charge is 0.465 e. The predicted molar refractivity (Wildman–Crippen MR) is 103 cm³/mol. The van der Waals surface area contributed by atoms with Crippen LogP contribution in [-0.2, 0) is 0 Å². The van der Waals surface area contributed by atoms with Gasteiger partial charge in [0.1, 0.15) is 11.5 Å². The summed E-state index contributed by atoms with van der Waals surface area (Å²) in [6.45, 7) is 3.48. The molecule has 0 saturated carbocycles. The molecule has 3 N–H and O–H groups in total. The maximum Gasteiger partial charge on any atom is 0.414 e. The third kappa shape index (κ3) is 2.77. The minimum Gasteiger partial charge on any atom is -0.465 e. The van der Waals surface area contributed by atoms with Crippen LogP contribution in [0.15, 0.2) is 41.2 Å². The number of hydrogen-bond donors (Lipinski definition) is 3. The molecule has 0 fully saturated rings. The van der Waals surface area contributed by atoms with E-state index in [-0.39, 0.29) is 28.5 Å². The molecule has 2 aromatic carbocycles. The van der Waals surface area contributed by atoms with Crippen LogP contribution in [0.1, 0.15) is 13.8 Å². The Bertz CT molecular complexity index is 1280. The van der Waals surface area contributed by atoms with Gasteiger partial charge in [0.25, 0.3) is 5.56 Å². The summed E-state index contributed by atoms with van der Waals surface area (Å²) in [6.07, 6.45) is -1.12. The highest BCUT2D eigenvalue weighted by Crippen LogP contribution is 2.29. The highest BCUT2D eigenvalue weighted by atomic mass is 19.1. The first-order valence-corrected chi connectivity index (χ1v) is 8.56. The molecule has 2 aromatic heterocycles. The summed E-state index contributed by atoms with van der Waals surface area (Å²) in [5.74, 6) is -0.353. The lowest BCUT2D eigenvalue weighted by Crippen LogP contribution is -2.36. The molecule has 0 atom stereocenters. The number of H-pyrrole nitrogens is 2. The molecule has 0 unspecified atom stereocenters. The molecular weight excluding hydrogens is 365 g/mol. The van der Waals surface area contributed by atoms with Crippen LogP contribution in [-0.4, -0.2) is 37.4 Å². The number of aromatic nitrogens is 4. The topological polar surface area (TPSA) is 115 Å². The van der Waals surface area contributed by atoms with E-state index in [4.69, 9.17) is 0 Å². The van der Waals surface area contributed by atoms with Gasteiger partial charge >= 0.3 is 6.09 Å². The van der Waals surface area contributed by atoms with E-state index in [1.165, 1.54) is 18.2 Å². The van der Waals surface area contributed by atoms with Gasteiger partial charge in [0.05, 0.1) is 21.8 Å². The first-order chi connectivity index (χ1) is 13.4. The Morgan fingerprint density at radius 3 is 2.75 bits per heavy atom. The number of carbonyl (C=O) groups is 1. The van der Waals surface area contributed by atoms with Gasteiger partial charge in [0.2, 0.25) is 5.95 Å². The molecule has 0 spiro atoms. The van der Waals surface area contributed by atoms with Gasteiger partial charge in [-0.05, 0) is 38.1 Å². The number of anilines is 1. The molecule has 1 amide bonds. The van der Waals surface area contributed by atoms with E-state index in [9.17, 15) is 19.1 Å². The molecule has 28 heavy (non-hydrogen) atoms. The van der Waals surface area contributed by atoms with Gasteiger partial charge in [-0.2, -0.15) is 5.10 Å². The molecule has 4 rings (SSSR count). The average molecular weight is 381 g/mol. The highest BCUT2D eigenvalue weighted by molar-refractivity contribution is 5.96. The summed E-state index contributed by atoms with van der Waals surface area (Å²) in [5.41, 5.74) is 1.49. The molecule has 0 saturated heterocycles. The Morgan fingerprint density at radius 1 is 1.25 bits per heavy atom. The van der Waals surface area contributed by atoms with E-state index in [1.54, 1.807) is 32.0 Å². The summed E-state index contributed by atoms with van der Waals surface area (Å²) in [4.78, 5) is 31.9. The molecule has 0 bridgehead atoms. The number of nitrogens with zero attached hydrogens (tertiary/aromatic N) is 3. The second kappa shape index (κ2) is 6.45. The van der Waals surface area contributed by atoms with E-state index in [2.05, 4.69) is 20.2 Å². The number of benzene rings is 2. The number of rotatable bonds is 3. The van der Waals surface area contributed by atoms with Crippen molar-refractivity contribution in [3.8, 4) is 11.3 Å². The van der Waals surface area contributed by atoms with Crippen molar-refractivity contribution in [2.75, 3.05) is 4.90 Å². The molecule has 4 aromatic rings. The van der Waals surface area contributed by atoms with Crippen LogP contribution in [0.25, 0.3) is 33.1 Å². The number of amides is 1. The molecule has 8 nitrogen and oxygen atoms in total. The number of hydrogen-bond acceptors (Lipinski definition) is 4. The first kappa shape index (κ1) is 17.7. The van der Waals surface area contributed by atoms with Crippen molar-refractivity contribution in [3.63, 3.8) is 0 Å². The van der Waals surface area contributed by atoms with Crippen molar-refractivity contribution in [3.05, 3.63) is 52.6 Å². The van der Waals surface area contributed by atoms with Gasteiger partial charge in [-0.25, -0.2) is 24.2 Å². The number of nitrogens with one attached hydrogen (secondary N) is 2. The Balaban J connectivity index is 1.90. The number of fused-ring (bicyclic) bond motifs is 2. The van der Waals surface area contributed by atoms with Crippen LogP contribution in [0.5, 0.6) is 0 Å². The van der Waals surface area contributed by atoms with Crippen LogP contribution in [0, 0.1) is 5.82 Å². The van der Waals surface area contributed by atoms with E-state index in [0.717, 1.165) is 4.90 Å². The Labute approximate surface area is 157 Å². The molecule has 2 heterocycles. The summed E-state index contributed by atoms with van der Waals surface area (Å²) in [6, 6.07) is 9.03. The summed E-state index contributed by atoms with van der Waals surface area (Å²) in [5, 5.41) is 16.1. The number of halogens is 1. The second-order valence-electron chi connectivity index (χ2n) is 6.60. The van der Waals surface area contributed by atoms with Crippen LogP contribution in [0.3, 0.4) is 0 Å². The van der Waals surface area contributed by atoms with E-state index >= 15 is 0 Å². The van der Waals surface area contributed by atoms with Crippen LogP contribution in [0.2, 0.25) is 0 Å². The Morgan fingerprint density at radius 2 is 2.04 bits per heavy atom. The number of imidazole rings is 1. The molecule has 0 aliphatic carbocycles. The lowest BCUT2D eigenvalue weighted by Gasteiger charge is -2.19. The van der Waals surface area contributed by atoms with Gasteiger partial charge in [-0.1, -0.05) is 12.1 Å². The van der Waals surface area contributed by atoms with Crippen molar-refractivity contribution in [2.24, 2.45) is 0 Å². The van der Waals surface area contributed by atoms with Gasteiger partial charge in [0.15, 0.2) is 0 Å². The molecule has 0 radical (unpaired) electrons. The van der Waals surface area contributed by atoms with E-state index < -0.39 is 17.5 Å². The van der Waals surface area contributed by atoms with Gasteiger partial charge < -0.3 is 10.1 Å². The summed E-state index contributed by atoms with van der Waals surface area (Å²) < 4.78 is 14.4. The van der Waals surface area contributed by atoms with Crippen molar-refractivity contribution in [1.29, 1.82) is 0 Å². The molecule has 0 aliphatic heterocycles. The Kier molecular flexibility index (Phi) is 4.07. The van der Waals surface area contributed by atoms with Gasteiger partial charge in [-0.3, -0.25) is 4.79 Å². The second-order valence-corrected chi connectivity index (χ2v) is 6.60. The third-order valence-corrected chi connectivity index (χ3v) is 4.46. The molecular formula is C19H16FN5O3. The van der Waals surface area contributed by atoms with Crippen molar-refractivity contribution in [1.82, 2.24) is 20.2 Å². The zero-order valence-electron chi connectivity index (χ0n) is 15.0. The quantitative estimate of drug-likeness (QED) is 0.502. The van der Waals surface area contributed by atoms with Gasteiger partial charge in [-0.15, -0.1) is 0 Å². The van der Waals surface area contributed by atoms with E-state index in [1.807, 2.05) is 0 Å². The lowest BCUT2D eigenvalue weighted by atomic mass is 10.0. The van der Waals surface area contributed by atoms with Crippen LogP contribution in [0.4, 0.5) is 15.1 Å². The summed E-state index contributed by atoms with van der Waals surface area (Å²) in [7, 11) is 0. The number of carboxylic acid groups (broad SMARTS) is 1. The molecule has 9 heteroatoms. The van der Waals surface area contributed by atoms with Crippen LogP contribution < -0.4 is 10.5 Å². The van der Waals surface area contributed by atoms with Crippen molar-refractivity contribution >= 4 is 33.8 Å². The maximum absolute atomic E-state index is 14.4. The molecule has 0 aliphatic rings. The fraction of sp³-hybridized carbons (Fsp3) is 0.158. The minimum atomic E-state index is -1.12. The van der Waals surface area contributed by atoms with Crippen molar-refractivity contribution < 1.29 is 14.3 Å². The standard InChI is InChI=1S/C19H16FN5O3/c1-9(2)25(19(27)28)18-21-13-7-6-10(8-14(13)22-18)16-15-11(17(26)24-23-16)4-3-5-12(15)20/h3-9H,1-2H3,(H,21,22)(H,24,26)(H,27,28). The number of aromatic amines is 2. The maximum atomic E-state index is 14.4. The molecule has 142 valence electrons. The monoisotopic (exact) mass is 381 g/mol. The zero-order valence-corrected chi connectivity index (χ0v) is 15.0. The zero-order chi connectivity index (χ0) is 20.0. The smallest absolute Gasteiger partial charge is 0.414 e. The fourth-order valence-corrected chi connectivity index (χ4v) is 3.20. The van der Waals surface area contributed by atoms with Gasteiger partial charge in [0, 0.05) is 11.6 Å². The van der Waals surface area contributed by atoms with Crippen molar-refractivity contribution in [2.45, 2.75) is 19.9 Å². The predicted octanol–water partition coefficient (Wildman–Crippen LogP) is 3.50.